The van der Waals surface area contributed by atoms with Gasteiger partial charge in [0.2, 0.25) is 5.88 Å². The summed E-state index contributed by atoms with van der Waals surface area (Å²) in [6.45, 7) is 4.67. The molecule has 204 valence electrons. The van der Waals surface area contributed by atoms with Gasteiger partial charge in [-0.3, -0.25) is 0 Å². The molecule has 2 aromatic carbocycles. The lowest BCUT2D eigenvalue weighted by Crippen LogP contribution is -2.13. The van der Waals surface area contributed by atoms with E-state index in [2.05, 4.69) is 29.7 Å². The van der Waals surface area contributed by atoms with Gasteiger partial charge < -0.3 is 18.8 Å². The molecule has 6 nitrogen and oxygen atoms in total. The fourth-order valence-corrected chi connectivity index (χ4v) is 4.58. The average molecular weight is 538 g/mol. The molecule has 4 rings (SSSR count). The summed E-state index contributed by atoms with van der Waals surface area (Å²) in [5.74, 6) is 3.52. The highest BCUT2D eigenvalue weighted by Crippen LogP contribution is 2.43. The molecule has 4 aromatic rings. The number of hydrogen-bond acceptors (Lipinski definition) is 5. The van der Waals surface area contributed by atoms with Gasteiger partial charge in [0.15, 0.2) is 6.61 Å². The summed E-state index contributed by atoms with van der Waals surface area (Å²) in [5.41, 5.74) is 1.50. The minimum atomic E-state index is -4.69. The van der Waals surface area contributed by atoms with E-state index in [1.807, 2.05) is 24.3 Å². The number of methoxy groups -OCH3 is 2. The van der Waals surface area contributed by atoms with Gasteiger partial charge >= 0.3 is 6.18 Å². The van der Waals surface area contributed by atoms with Crippen LogP contribution in [0.4, 0.5) is 13.2 Å². The molecule has 0 fully saturated rings. The zero-order valence-corrected chi connectivity index (χ0v) is 22.3. The molecule has 0 saturated carbocycles. The molecule has 0 radical (unpaired) electrons. The molecular formula is C30H30F3N3O3. The van der Waals surface area contributed by atoms with Gasteiger partial charge in [-0.15, -0.1) is 6.42 Å². The SMILES string of the molecule is C#CCOc1ncccc1Cc1cc(OC)c2c(nc(-c3ccc(C(C)C)cc3)n2CCOC)c1C(F)(F)F. The summed E-state index contributed by atoms with van der Waals surface area (Å²) >= 11 is 0. The first-order valence-corrected chi connectivity index (χ1v) is 12.5. The Bertz CT molecular complexity index is 1490. The largest absolute Gasteiger partial charge is 0.494 e. The lowest BCUT2D eigenvalue weighted by molar-refractivity contribution is -0.137. The van der Waals surface area contributed by atoms with Gasteiger partial charge in [0.25, 0.3) is 0 Å². The summed E-state index contributed by atoms with van der Waals surface area (Å²) in [6.07, 6.45) is 1.99. The van der Waals surface area contributed by atoms with Crippen molar-refractivity contribution in [2.75, 3.05) is 27.4 Å². The Kier molecular flexibility index (Phi) is 8.46. The first-order chi connectivity index (χ1) is 18.7. The minimum Gasteiger partial charge on any atom is -0.494 e. The number of benzene rings is 2. The third kappa shape index (κ3) is 5.86. The summed E-state index contributed by atoms with van der Waals surface area (Å²) in [4.78, 5) is 8.75. The molecule has 0 N–H and O–H groups in total. The van der Waals surface area contributed by atoms with E-state index in [0.29, 0.717) is 22.9 Å². The number of terminal acetylenes is 1. The highest BCUT2D eigenvalue weighted by Gasteiger charge is 2.39. The van der Waals surface area contributed by atoms with Gasteiger partial charge in [-0.25, -0.2) is 9.97 Å². The van der Waals surface area contributed by atoms with E-state index in [4.69, 9.17) is 20.6 Å². The summed E-state index contributed by atoms with van der Waals surface area (Å²) in [6, 6.07) is 12.4. The Morgan fingerprint density at radius 3 is 2.44 bits per heavy atom. The van der Waals surface area contributed by atoms with Gasteiger partial charge in [-0.2, -0.15) is 13.2 Å². The molecule has 0 aliphatic heterocycles. The smallest absolute Gasteiger partial charge is 0.418 e. The second-order valence-corrected chi connectivity index (χ2v) is 9.30. The van der Waals surface area contributed by atoms with Crippen molar-refractivity contribution in [3.05, 3.63) is 70.9 Å². The number of alkyl halides is 3. The quantitative estimate of drug-likeness (QED) is 0.216. The van der Waals surface area contributed by atoms with Gasteiger partial charge in [0, 0.05) is 37.4 Å². The Balaban J connectivity index is 1.98. The highest BCUT2D eigenvalue weighted by atomic mass is 19.4. The van der Waals surface area contributed by atoms with Gasteiger partial charge in [0.05, 0.1) is 19.3 Å². The van der Waals surface area contributed by atoms with E-state index >= 15 is 0 Å². The summed E-state index contributed by atoms with van der Waals surface area (Å²) in [5, 5.41) is 0. The van der Waals surface area contributed by atoms with E-state index in [1.54, 1.807) is 23.8 Å². The molecule has 9 heteroatoms. The van der Waals surface area contributed by atoms with Crippen LogP contribution < -0.4 is 9.47 Å². The van der Waals surface area contributed by atoms with Crippen LogP contribution in [0.2, 0.25) is 0 Å². The van der Waals surface area contributed by atoms with Crippen molar-refractivity contribution < 1.29 is 27.4 Å². The molecular weight excluding hydrogens is 507 g/mol. The van der Waals surface area contributed by atoms with E-state index < -0.39 is 11.7 Å². The predicted molar refractivity (Wildman–Crippen MR) is 144 cm³/mol. The van der Waals surface area contributed by atoms with E-state index in [1.165, 1.54) is 19.4 Å². The van der Waals surface area contributed by atoms with Crippen molar-refractivity contribution in [2.45, 2.75) is 38.9 Å². The molecule has 0 amide bonds. The molecule has 0 unspecified atom stereocenters. The number of ether oxygens (including phenoxy) is 3. The number of rotatable bonds is 10. The normalized spacial score (nSPS) is 11.7. The zero-order valence-electron chi connectivity index (χ0n) is 22.3. The third-order valence-corrected chi connectivity index (χ3v) is 6.45. The van der Waals surface area contributed by atoms with Crippen LogP contribution in [0, 0.1) is 12.3 Å². The van der Waals surface area contributed by atoms with Gasteiger partial charge in [-0.1, -0.05) is 50.1 Å². The van der Waals surface area contributed by atoms with Crippen molar-refractivity contribution in [2.24, 2.45) is 0 Å². The Labute approximate surface area is 225 Å². The van der Waals surface area contributed by atoms with E-state index in [-0.39, 0.29) is 54.4 Å². The second-order valence-electron chi connectivity index (χ2n) is 9.30. The van der Waals surface area contributed by atoms with Crippen molar-refractivity contribution in [1.29, 1.82) is 0 Å². The van der Waals surface area contributed by atoms with Gasteiger partial charge in [0.1, 0.15) is 22.6 Å². The predicted octanol–water partition coefficient (Wildman–Crippen LogP) is 6.50. The molecule has 0 aliphatic carbocycles. The Morgan fingerprint density at radius 1 is 1.08 bits per heavy atom. The monoisotopic (exact) mass is 537 g/mol. The molecule has 0 atom stereocenters. The van der Waals surface area contributed by atoms with Crippen LogP contribution in [0.3, 0.4) is 0 Å². The average Bonchev–Trinajstić information content (AvgIpc) is 3.29. The molecule has 0 spiro atoms. The minimum absolute atomic E-state index is 0.0106. The van der Waals surface area contributed by atoms with Crippen LogP contribution in [-0.2, 0) is 23.9 Å². The van der Waals surface area contributed by atoms with E-state index in [0.717, 1.165) is 5.56 Å². The van der Waals surface area contributed by atoms with Crippen molar-refractivity contribution in [3.8, 4) is 35.4 Å². The maximum absolute atomic E-state index is 14.8. The third-order valence-electron chi connectivity index (χ3n) is 6.45. The number of aromatic nitrogens is 3. The standard InChI is InChI=1S/C30H30F3N3O3/c1-6-15-39-29-22(8-7-13-34-29)17-23-18-24(38-5)27-26(25(23)30(31,32)33)35-28(36(27)14-16-37-4)21-11-9-20(10-12-21)19(2)3/h1,7-13,18-19H,14-17H2,2-5H3. The zero-order chi connectivity index (χ0) is 28.2. The maximum atomic E-state index is 14.8. The van der Waals surface area contributed by atoms with Crippen LogP contribution in [0.25, 0.3) is 22.4 Å². The first-order valence-electron chi connectivity index (χ1n) is 12.5. The number of imidazole rings is 1. The molecule has 2 aromatic heterocycles. The Morgan fingerprint density at radius 2 is 1.82 bits per heavy atom. The number of nitrogens with zero attached hydrogens (tertiary/aromatic N) is 3. The maximum Gasteiger partial charge on any atom is 0.418 e. The Hall–Kier alpha value is -4.03. The first kappa shape index (κ1) is 28.0. The van der Waals surface area contributed by atoms with Crippen molar-refractivity contribution in [3.63, 3.8) is 0 Å². The number of hydrogen-bond donors (Lipinski definition) is 0. The lowest BCUT2D eigenvalue weighted by Gasteiger charge is -2.18. The fourth-order valence-electron chi connectivity index (χ4n) is 4.58. The molecule has 0 aliphatic rings. The summed E-state index contributed by atoms with van der Waals surface area (Å²) in [7, 11) is 2.97. The van der Waals surface area contributed by atoms with Crippen LogP contribution in [0.5, 0.6) is 11.6 Å². The van der Waals surface area contributed by atoms with Crippen molar-refractivity contribution in [1.82, 2.24) is 14.5 Å². The van der Waals surface area contributed by atoms with Crippen LogP contribution in [0.15, 0.2) is 48.7 Å². The van der Waals surface area contributed by atoms with Crippen molar-refractivity contribution >= 4 is 11.0 Å². The lowest BCUT2D eigenvalue weighted by atomic mass is 9.97. The van der Waals surface area contributed by atoms with Crippen LogP contribution in [0.1, 0.15) is 42.0 Å². The molecule has 39 heavy (non-hydrogen) atoms. The molecule has 2 heterocycles. The number of fused-ring (bicyclic) bond motifs is 1. The van der Waals surface area contributed by atoms with Crippen LogP contribution in [-0.4, -0.2) is 42.0 Å². The highest BCUT2D eigenvalue weighted by molar-refractivity contribution is 5.90. The molecule has 0 saturated heterocycles. The van der Waals surface area contributed by atoms with Gasteiger partial charge in [-0.05, 0) is 29.2 Å². The number of halogens is 3. The number of pyridine rings is 1. The molecule has 0 bridgehead atoms. The topological polar surface area (TPSA) is 58.4 Å². The van der Waals surface area contributed by atoms with Crippen LogP contribution >= 0.6 is 0 Å². The van der Waals surface area contributed by atoms with E-state index in [9.17, 15) is 13.2 Å². The second kappa shape index (κ2) is 11.8. The summed E-state index contributed by atoms with van der Waals surface area (Å²) < 4.78 is 62.4. The fraction of sp³-hybridized carbons (Fsp3) is 0.333.